The molecule has 0 aromatic heterocycles. The van der Waals surface area contributed by atoms with Crippen LogP contribution in [0.1, 0.15) is 36.0 Å². The molecule has 1 nitrogen and oxygen atoms in total. The maximum absolute atomic E-state index is 13.1. The number of nitrogens with one attached hydrogen (secondary N) is 1. The smallest absolute Gasteiger partial charge is 0.316 e. The van der Waals surface area contributed by atoms with Crippen molar-refractivity contribution in [1.29, 1.82) is 0 Å². The van der Waals surface area contributed by atoms with E-state index in [1.165, 1.54) is 0 Å². The summed E-state index contributed by atoms with van der Waals surface area (Å²) in [6, 6.07) is 1.95. The molecule has 0 radical (unpaired) electrons. The largest absolute Gasteiger partial charge is 0.416 e. The van der Waals surface area contributed by atoms with Gasteiger partial charge in [0.15, 0.2) is 0 Å². The van der Waals surface area contributed by atoms with Crippen LogP contribution in [0, 0.1) is 5.92 Å². The molecule has 1 aliphatic heterocycles. The Hall–Kier alpha value is -1.24. The van der Waals surface area contributed by atoms with E-state index in [4.69, 9.17) is 0 Å². The Morgan fingerprint density at radius 2 is 1.71 bits per heavy atom. The zero-order valence-electron chi connectivity index (χ0n) is 11.3. The van der Waals surface area contributed by atoms with Gasteiger partial charge in [-0.15, -0.1) is 0 Å². The number of benzene rings is 1. The van der Waals surface area contributed by atoms with Crippen LogP contribution in [0.15, 0.2) is 18.2 Å². The third-order valence-corrected chi connectivity index (χ3v) is 3.87. The van der Waals surface area contributed by atoms with Gasteiger partial charge in [-0.25, -0.2) is 0 Å². The van der Waals surface area contributed by atoms with E-state index in [1.807, 2.05) is 0 Å². The van der Waals surface area contributed by atoms with E-state index in [0.29, 0.717) is 19.5 Å². The normalized spacial score (nSPS) is 24.1. The van der Waals surface area contributed by atoms with Gasteiger partial charge in [0.2, 0.25) is 0 Å². The van der Waals surface area contributed by atoms with Crippen molar-refractivity contribution in [2.24, 2.45) is 5.92 Å². The molecule has 1 saturated heterocycles. The van der Waals surface area contributed by atoms with E-state index >= 15 is 0 Å². The van der Waals surface area contributed by atoms with E-state index in [1.54, 1.807) is 6.92 Å². The van der Waals surface area contributed by atoms with Crippen LogP contribution >= 0.6 is 0 Å². The lowest BCUT2D eigenvalue weighted by Gasteiger charge is -2.32. The lowest BCUT2D eigenvalue weighted by molar-refractivity contribution is -0.143. The SMILES string of the molecule is CC1CNCCC1c1ccc(C(F)(F)F)cc1C(F)(F)F. The summed E-state index contributed by atoms with van der Waals surface area (Å²) >= 11 is 0. The number of piperidine rings is 1. The minimum Gasteiger partial charge on any atom is -0.316 e. The third-order valence-electron chi connectivity index (χ3n) is 3.87. The molecule has 7 heteroatoms. The molecule has 0 bridgehead atoms. The predicted octanol–water partition coefficient (Wildman–Crippen LogP) is 4.44. The molecule has 0 amide bonds. The van der Waals surface area contributed by atoms with E-state index in [9.17, 15) is 26.3 Å². The molecule has 1 N–H and O–H groups in total. The molecular formula is C14H15F6N. The quantitative estimate of drug-likeness (QED) is 0.756. The molecule has 0 spiro atoms. The number of hydrogen-bond donors (Lipinski definition) is 1. The lowest BCUT2D eigenvalue weighted by Crippen LogP contribution is -2.34. The number of hydrogen-bond acceptors (Lipinski definition) is 1. The second-order valence-electron chi connectivity index (χ2n) is 5.37. The number of rotatable bonds is 1. The monoisotopic (exact) mass is 311 g/mol. The number of alkyl halides is 6. The Kier molecular flexibility index (Phi) is 4.24. The van der Waals surface area contributed by atoms with E-state index in [0.717, 1.165) is 12.1 Å². The standard InChI is InChI=1S/C14H15F6N/c1-8-7-21-5-4-10(8)11-3-2-9(13(15,16)17)6-12(11)14(18,19)20/h2-3,6,8,10,21H,4-5,7H2,1H3. The van der Waals surface area contributed by atoms with Crippen molar-refractivity contribution in [3.8, 4) is 0 Å². The first kappa shape index (κ1) is 16.1. The van der Waals surface area contributed by atoms with Gasteiger partial charge in [-0.2, -0.15) is 26.3 Å². The highest BCUT2D eigenvalue weighted by atomic mass is 19.4. The molecule has 2 atom stereocenters. The first-order valence-corrected chi connectivity index (χ1v) is 6.59. The second kappa shape index (κ2) is 5.51. The van der Waals surface area contributed by atoms with E-state index in [2.05, 4.69) is 5.32 Å². The van der Waals surface area contributed by atoms with Crippen LogP contribution in [0.5, 0.6) is 0 Å². The summed E-state index contributed by atoms with van der Waals surface area (Å²) in [4.78, 5) is 0. The Balaban J connectivity index is 2.50. The molecular weight excluding hydrogens is 296 g/mol. The Morgan fingerprint density at radius 1 is 1.05 bits per heavy atom. The van der Waals surface area contributed by atoms with Gasteiger partial charge in [-0.1, -0.05) is 13.0 Å². The van der Waals surface area contributed by atoms with Gasteiger partial charge in [0, 0.05) is 0 Å². The fourth-order valence-corrected chi connectivity index (χ4v) is 2.78. The van der Waals surface area contributed by atoms with Crippen molar-refractivity contribution < 1.29 is 26.3 Å². The van der Waals surface area contributed by atoms with Crippen LogP contribution in [0.4, 0.5) is 26.3 Å². The van der Waals surface area contributed by atoms with Crippen LogP contribution in [-0.4, -0.2) is 13.1 Å². The summed E-state index contributed by atoms with van der Waals surface area (Å²) < 4.78 is 77.2. The molecule has 2 rings (SSSR count). The summed E-state index contributed by atoms with van der Waals surface area (Å²) in [5, 5.41) is 3.07. The zero-order valence-corrected chi connectivity index (χ0v) is 11.3. The molecule has 0 saturated carbocycles. The summed E-state index contributed by atoms with van der Waals surface area (Å²) in [7, 11) is 0. The molecule has 1 aliphatic rings. The van der Waals surface area contributed by atoms with E-state index in [-0.39, 0.29) is 23.5 Å². The first-order chi connectivity index (χ1) is 9.60. The highest BCUT2D eigenvalue weighted by molar-refractivity contribution is 5.38. The maximum atomic E-state index is 13.1. The molecule has 2 unspecified atom stereocenters. The van der Waals surface area contributed by atoms with Gasteiger partial charge in [-0.05, 0) is 49.0 Å². The summed E-state index contributed by atoms with van der Waals surface area (Å²) in [5.41, 5.74) is -2.47. The minimum atomic E-state index is -4.79. The summed E-state index contributed by atoms with van der Waals surface area (Å²) in [6.07, 6.45) is -9.09. The highest BCUT2D eigenvalue weighted by Gasteiger charge is 2.40. The topological polar surface area (TPSA) is 12.0 Å². The highest BCUT2D eigenvalue weighted by Crippen LogP contribution is 2.42. The lowest BCUT2D eigenvalue weighted by atomic mass is 9.80. The fourth-order valence-electron chi connectivity index (χ4n) is 2.78. The Morgan fingerprint density at radius 3 is 2.24 bits per heavy atom. The van der Waals surface area contributed by atoms with Gasteiger partial charge < -0.3 is 5.32 Å². The van der Waals surface area contributed by atoms with Gasteiger partial charge in [0.25, 0.3) is 0 Å². The zero-order chi connectivity index (χ0) is 15.8. The van der Waals surface area contributed by atoms with Crippen molar-refractivity contribution in [3.05, 3.63) is 34.9 Å². The first-order valence-electron chi connectivity index (χ1n) is 6.59. The summed E-state index contributed by atoms with van der Waals surface area (Å²) in [6.45, 7) is 2.92. The minimum absolute atomic E-state index is 0.0375. The second-order valence-corrected chi connectivity index (χ2v) is 5.37. The fraction of sp³-hybridized carbons (Fsp3) is 0.571. The van der Waals surface area contributed by atoms with Gasteiger partial charge in [0.1, 0.15) is 0 Å². The van der Waals surface area contributed by atoms with Gasteiger partial charge in [-0.3, -0.25) is 0 Å². The summed E-state index contributed by atoms with van der Waals surface area (Å²) in [5.74, 6) is -0.443. The number of halogens is 6. The maximum Gasteiger partial charge on any atom is 0.416 e. The van der Waals surface area contributed by atoms with Crippen LogP contribution in [-0.2, 0) is 12.4 Å². The van der Waals surface area contributed by atoms with Crippen LogP contribution < -0.4 is 5.32 Å². The predicted molar refractivity (Wildman–Crippen MR) is 65.8 cm³/mol. The Bertz CT molecular complexity index is 505. The average Bonchev–Trinajstić information content (AvgIpc) is 2.36. The van der Waals surface area contributed by atoms with Crippen molar-refractivity contribution in [2.75, 3.05) is 13.1 Å². The van der Waals surface area contributed by atoms with Gasteiger partial charge >= 0.3 is 12.4 Å². The van der Waals surface area contributed by atoms with Crippen LogP contribution in [0.2, 0.25) is 0 Å². The molecule has 1 aromatic rings. The molecule has 21 heavy (non-hydrogen) atoms. The van der Waals surface area contributed by atoms with Crippen molar-refractivity contribution in [2.45, 2.75) is 31.6 Å². The van der Waals surface area contributed by atoms with Crippen LogP contribution in [0.25, 0.3) is 0 Å². The molecule has 0 aliphatic carbocycles. The Labute approximate surface area is 118 Å². The van der Waals surface area contributed by atoms with Crippen molar-refractivity contribution in [1.82, 2.24) is 5.32 Å². The van der Waals surface area contributed by atoms with E-state index < -0.39 is 23.5 Å². The molecule has 1 fully saturated rings. The van der Waals surface area contributed by atoms with Crippen molar-refractivity contribution >= 4 is 0 Å². The average molecular weight is 311 g/mol. The molecule has 1 heterocycles. The van der Waals surface area contributed by atoms with Crippen molar-refractivity contribution in [3.63, 3.8) is 0 Å². The molecule has 118 valence electrons. The molecule has 1 aromatic carbocycles. The van der Waals surface area contributed by atoms with Gasteiger partial charge in [0.05, 0.1) is 11.1 Å². The van der Waals surface area contributed by atoms with Crippen LogP contribution in [0.3, 0.4) is 0 Å². The third kappa shape index (κ3) is 3.51.